The van der Waals surface area contributed by atoms with Gasteiger partial charge in [-0.1, -0.05) is 6.92 Å². The van der Waals surface area contributed by atoms with Crippen molar-refractivity contribution in [3.8, 4) is 0 Å². The van der Waals surface area contributed by atoms with E-state index in [-0.39, 0.29) is 0 Å². The smallest absolute Gasteiger partial charge is 0.170 e. The molecule has 0 radical (unpaired) electrons. The Morgan fingerprint density at radius 1 is 1.62 bits per heavy atom. The minimum Gasteiger partial charge on any atom is -0.300 e. The van der Waals surface area contributed by atoms with Gasteiger partial charge >= 0.3 is 0 Å². The molecule has 4 heteroatoms. The largest absolute Gasteiger partial charge is 0.300 e. The van der Waals surface area contributed by atoms with E-state index in [0.717, 1.165) is 24.0 Å². The van der Waals surface area contributed by atoms with Crippen molar-refractivity contribution >= 4 is 11.8 Å². The third kappa shape index (κ3) is 1.11. The lowest BCUT2D eigenvalue weighted by Crippen LogP contribution is -1.91. The normalized spacial score (nSPS) is 10.5. The molecule has 2 aromatic heterocycles. The van der Waals surface area contributed by atoms with Gasteiger partial charge in [0.1, 0.15) is 11.5 Å². The molecule has 0 unspecified atom stereocenters. The molecule has 0 saturated heterocycles. The maximum atomic E-state index is 10.6. The van der Waals surface area contributed by atoms with Crippen LogP contribution in [-0.2, 0) is 6.42 Å². The number of imidazole rings is 1. The fraction of sp³-hybridized carbons (Fsp3) is 0.222. The lowest BCUT2D eigenvalue weighted by molar-refractivity contribution is 0.112. The predicted octanol–water partition coefficient (Wildman–Crippen LogP) is 1.10. The van der Waals surface area contributed by atoms with Gasteiger partial charge in [-0.2, -0.15) is 0 Å². The maximum absolute atomic E-state index is 10.6. The van der Waals surface area contributed by atoms with E-state index in [1.807, 2.05) is 17.5 Å². The zero-order valence-corrected chi connectivity index (χ0v) is 7.27. The first kappa shape index (κ1) is 7.91. The van der Waals surface area contributed by atoms with E-state index in [1.54, 1.807) is 12.4 Å². The van der Waals surface area contributed by atoms with Gasteiger partial charge in [-0.15, -0.1) is 0 Å². The number of nitrogens with zero attached hydrogens (tertiary/aromatic N) is 3. The van der Waals surface area contributed by atoms with Crippen LogP contribution in [0, 0.1) is 0 Å². The second kappa shape index (κ2) is 2.97. The number of carbonyl (C=O) groups is 1. The summed E-state index contributed by atoms with van der Waals surface area (Å²) in [4.78, 5) is 18.8. The Morgan fingerprint density at radius 2 is 2.46 bits per heavy atom. The number of rotatable bonds is 2. The zero-order chi connectivity index (χ0) is 9.26. The van der Waals surface area contributed by atoms with Crippen molar-refractivity contribution < 1.29 is 4.79 Å². The molecule has 0 spiro atoms. The first-order valence-corrected chi connectivity index (χ1v) is 4.13. The van der Waals surface area contributed by atoms with Gasteiger partial charge in [0.05, 0.1) is 11.7 Å². The Kier molecular flexibility index (Phi) is 1.81. The summed E-state index contributed by atoms with van der Waals surface area (Å²) in [6.45, 7) is 2.00. The van der Waals surface area contributed by atoms with Crippen LogP contribution in [0.25, 0.3) is 5.52 Å². The van der Waals surface area contributed by atoms with Crippen LogP contribution >= 0.6 is 0 Å². The molecule has 2 aromatic rings. The Morgan fingerprint density at radius 3 is 3.15 bits per heavy atom. The van der Waals surface area contributed by atoms with E-state index in [0.29, 0.717) is 5.69 Å². The highest BCUT2D eigenvalue weighted by atomic mass is 16.1. The van der Waals surface area contributed by atoms with Gasteiger partial charge in [-0.3, -0.25) is 9.78 Å². The minimum absolute atomic E-state index is 0.463. The van der Waals surface area contributed by atoms with Crippen LogP contribution in [0.15, 0.2) is 18.6 Å². The van der Waals surface area contributed by atoms with Crippen molar-refractivity contribution in [2.45, 2.75) is 13.3 Å². The van der Waals surface area contributed by atoms with Gasteiger partial charge in [0.25, 0.3) is 0 Å². The summed E-state index contributed by atoms with van der Waals surface area (Å²) in [5.74, 6) is 0.888. The monoisotopic (exact) mass is 175 g/mol. The van der Waals surface area contributed by atoms with Crippen molar-refractivity contribution in [2.75, 3.05) is 0 Å². The van der Waals surface area contributed by atoms with E-state index in [4.69, 9.17) is 0 Å². The number of aldehydes is 1. The molecule has 0 saturated carbocycles. The molecule has 0 amide bonds. The molecule has 0 aliphatic heterocycles. The van der Waals surface area contributed by atoms with Gasteiger partial charge in [0, 0.05) is 18.8 Å². The number of aryl methyl sites for hydroxylation is 1. The fourth-order valence-corrected chi connectivity index (χ4v) is 1.36. The summed E-state index contributed by atoms with van der Waals surface area (Å²) in [5, 5.41) is 0. The van der Waals surface area contributed by atoms with E-state index < -0.39 is 0 Å². The standard InChI is InChI=1S/C9H9N3O/c1-2-9-11-7(6-13)8-5-10-3-4-12(8)9/h3-6H,2H2,1H3. The molecular weight excluding hydrogens is 166 g/mol. The lowest BCUT2D eigenvalue weighted by Gasteiger charge is -1.94. The Balaban J connectivity index is 2.81. The van der Waals surface area contributed by atoms with Crippen LogP contribution in [0.4, 0.5) is 0 Å². The van der Waals surface area contributed by atoms with Crippen molar-refractivity contribution in [3.05, 3.63) is 30.1 Å². The average molecular weight is 175 g/mol. The molecule has 0 bridgehead atoms. The topological polar surface area (TPSA) is 47.3 Å². The van der Waals surface area contributed by atoms with Gasteiger partial charge < -0.3 is 4.40 Å². The summed E-state index contributed by atoms with van der Waals surface area (Å²) in [6.07, 6.45) is 6.71. The van der Waals surface area contributed by atoms with Crippen LogP contribution in [-0.4, -0.2) is 20.7 Å². The number of hydrogen-bond donors (Lipinski definition) is 0. The second-order valence-electron chi connectivity index (χ2n) is 2.72. The number of fused-ring (bicyclic) bond motifs is 1. The molecule has 0 aromatic carbocycles. The second-order valence-corrected chi connectivity index (χ2v) is 2.72. The van der Waals surface area contributed by atoms with E-state index in [1.165, 1.54) is 0 Å². The molecule has 2 heterocycles. The van der Waals surface area contributed by atoms with E-state index in [9.17, 15) is 4.79 Å². The molecule has 13 heavy (non-hydrogen) atoms. The molecule has 2 rings (SSSR count). The third-order valence-corrected chi connectivity index (χ3v) is 1.98. The number of carbonyl (C=O) groups excluding carboxylic acids is 1. The van der Waals surface area contributed by atoms with Crippen LogP contribution in [0.2, 0.25) is 0 Å². The molecular formula is C9H9N3O. The predicted molar refractivity (Wildman–Crippen MR) is 47.8 cm³/mol. The summed E-state index contributed by atoms with van der Waals surface area (Å²) >= 11 is 0. The van der Waals surface area contributed by atoms with Gasteiger partial charge in [-0.25, -0.2) is 4.98 Å². The first-order valence-electron chi connectivity index (χ1n) is 4.13. The molecule has 0 atom stereocenters. The molecule has 66 valence electrons. The van der Waals surface area contributed by atoms with Crippen LogP contribution in [0.1, 0.15) is 23.2 Å². The molecule has 0 aliphatic rings. The molecule has 0 N–H and O–H groups in total. The first-order chi connectivity index (χ1) is 6.36. The van der Waals surface area contributed by atoms with Crippen LogP contribution in [0.3, 0.4) is 0 Å². The number of hydrogen-bond acceptors (Lipinski definition) is 3. The van der Waals surface area contributed by atoms with Crippen molar-refractivity contribution in [3.63, 3.8) is 0 Å². The van der Waals surface area contributed by atoms with Gasteiger partial charge in [0.15, 0.2) is 6.29 Å². The highest BCUT2D eigenvalue weighted by molar-refractivity contribution is 5.83. The maximum Gasteiger partial charge on any atom is 0.170 e. The molecule has 0 fully saturated rings. The van der Waals surface area contributed by atoms with E-state index in [2.05, 4.69) is 9.97 Å². The highest BCUT2D eigenvalue weighted by Crippen LogP contribution is 2.09. The quantitative estimate of drug-likeness (QED) is 0.642. The molecule has 0 aliphatic carbocycles. The van der Waals surface area contributed by atoms with Crippen molar-refractivity contribution in [1.29, 1.82) is 0 Å². The minimum atomic E-state index is 0.463. The highest BCUT2D eigenvalue weighted by Gasteiger charge is 2.07. The van der Waals surface area contributed by atoms with Gasteiger partial charge in [0.2, 0.25) is 0 Å². The summed E-state index contributed by atoms with van der Waals surface area (Å²) in [6, 6.07) is 0. The Hall–Kier alpha value is -1.71. The fourth-order valence-electron chi connectivity index (χ4n) is 1.36. The number of aromatic nitrogens is 3. The summed E-state index contributed by atoms with van der Waals surface area (Å²) in [7, 11) is 0. The zero-order valence-electron chi connectivity index (χ0n) is 7.27. The Labute approximate surface area is 75.2 Å². The van der Waals surface area contributed by atoms with E-state index >= 15 is 0 Å². The van der Waals surface area contributed by atoms with Crippen LogP contribution in [0.5, 0.6) is 0 Å². The summed E-state index contributed by atoms with van der Waals surface area (Å²) in [5.41, 5.74) is 1.24. The lowest BCUT2D eigenvalue weighted by atomic mass is 10.4. The Bertz CT molecular complexity index is 447. The SMILES string of the molecule is CCc1nc(C=O)c2cnccn12. The van der Waals surface area contributed by atoms with Crippen molar-refractivity contribution in [1.82, 2.24) is 14.4 Å². The average Bonchev–Trinajstić information content (AvgIpc) is 2.56. The molecule has 4 nitrogen and oxygen atoms in total. The van der Waals surface area contributed by atoms with Crippen LogP contribution < -0.4 is 0 Å². The summed E-state index contributed by atoms with van der Waals surface area (Å²) < 4.78 is 1.89. The van der Waals surface area contributed by atoms with Crippen molar-refractivity contribution in [2.24, 2.45) is 0 Å². The van der Waals surface area contributed by atoms with Gasteiger partial charge in [-0.05, 0) is 0 Å². The third-order valence-electron chi connectivity index (χ3n) is 1.98.